The summed E-state index contributed by atoms with van der Waals surface area (Å²) in [5, 5.41) is 0. The Kier molecular flexibility index (Phi) is 10.2. The number of esters is 1. The van der Waals surface area contributed by atoms with Crippen molar-refractivity contribution in [3.63, 3.8) is 0 Å². The second-order valence-electron chi connectivity index (χ2n) is 10.3. The van der Waals surface area contributed by atoms with Crippen LogP contribution in [-0.4, -0.2) is 49.2 Å². The van der Waals surface area contributed by atoms with Crippen LogP contribution in [0, 0.1) is 0 Å². The van der Waals surface area contributed by atoms with E-state index in [0.717, 1.165) is 11.1 Å². The van der Waals surface area contributed by atoms with Crippen molar-refractivity contribution in [3.05, 3.63) is 120 Å². The first-order chi connectivity index (χ1) is 19.7. The largest absolute Gasteiger partial charge is 0.456 e. The van der Waals surface area contributed by atoms with E-state index in [4.69, 9.17) is 23.7 Å². The molecule has 5 rings (SSSR count). The summed E-state index contributed by atoms with van der Waals surface area (Å²) in [6.45, 7) is 3.36. The highest BCUT2D eigenvalue weighted by atomic mass is 16.6. The van der Waals surface area contributed by atoms with Gasteiger partial charge in [-0.2, -0.15) is 0 Å². The maximum Gasteiger partial charge on any atom is 0.338 e. The van der Waals surface area contributed by atoms with Crippen molar-refractivity contribution in [2.24, 2.45) is 0 Å². The fourth-order valence-electron chi connectivity index (χ4n) is 5.32. The number of carbonyl (C=O) groups is 1. The molecule has 6 heteroatoms. The Bertz CT molecular complexity index is 1200. The molecule has 0 saturated carbocycles. The first-order valence-corrected chi connectivity index (χ1v) is 14.1. The van der Waals surface area contributed by atoms with Gasteiger partial charge in [-0.05, 0) is 36.6 Å². The van der Waals surface area contributed by atoms with E-state index in [1.807, 2.05) is 79.7 Å². The molecule has 0 aliphatic carbocycles. The lowest BCUT2D eigenvalue weighted by molar-refractivity contribution is -0.257. The molecule has 0 unspecified atom stereocenters. The van der Waals surface area contributed by atoms with Crippen LogP contribution in [0.1, 0.15) is 47.7 Å². The Labute approximate surface area is 236 Å². The average molecular weight is 543 g/mol. The Morgan fingerprint density at radius 2 is 1.35 bits per heavy atom. The standard InChI is InChI=1S/C34H38O6/c1-2-3-19-28-30(40-34(35)27-17-11-6-12-18-27)21-32-31(38-28)20-29(37-23-26-15-9-5-10-16-26)33(39-32)24-36-22-25-13-7-4-8-14-25/h2-18,28-33H,19-24H2,1H3/b3-2-/t28-,29-,30+,31+,32-,33+/m0/s1. The van der Waals surface area contributed by atoms with Gasteiger partial charge in [0.2, 0.25) is 0 Å². The predicted molar refractivity (Wildman–Crippen MR) is 153 cm³/mol. The summed E-state index contributed by atoms with van der Waals surface area (Å²) in [6, 6.07) is 29.3. The topological polar surface area (TPSA) is 63.2 Å². The number of allylic oxidation sites excluding steroid dienone is 1. The quantitative estimate of drug-likeness (QED) is 0.209. The van der Waals surface area contributed by atoms with Gasteiger partial charge >= 0.3 is 5.97 Å². The molecule has 0 amide bonds. The lowest BCUT2D eigenvalue weighted by atomic mass is 9.89. The van der Waals surface area contributed by atoms with E-state index >= 15 is 0 Å². The number of ether oxygens (including phenoxy) is 5. The van der Waals surface area contributed by atoms with Crippen molar-refractivity contribution in [3.8, 4) is 0 Å². The van der Waals surface area contributed by atoms with Crippen LogP contribution in [0.25, 0.3) is 0 Å². The van der Waals surface area contributed by atoms with Crippen LogP contribution < -0.4 is 0 Å². The van der Waals surface area contributed by atoms with Crippen LogP contribution in [0.5, 0.6) is 0 Å². The van der Waals surface area contributed by atoms with Crippen LogP contribution in [0.15, 0.2) is 103 Å². The van der Waals surface area contributed by atoms with Crippen LogP contribution in [-0.2, 0) is 36.9 Å². The molecular weight excluding hydrogens is 504 g/mol. The SMILES string of the molecule is C/C=C\C[C@@H]1O[C@@H]2C[C@H](OCc3ccccc3)[C@@H](COCc3ccccc3)O[C@H]2C[C@H]1OC(=O)c1ccccc1. The molecule has 2 aliphatic rings. The third-order valence-corrected chi connectivity index (χ3v) is 7.44. The van der Waals surface area contributed by atoms with Crippen molar-refractivity contribution < 1.29 is 28.5 Å². The van der Waals surface area contributed by atoms with E-state index in [2.05, 4.69) is 18.2 Å². The van der Waals surface area contributed by atoms with E-state index in [0.29, 0.717) is 44.6 Å². The minimum atomic E-state index is -0.419. The van der Waals surface area contributed by atoms with Crippen LogP contribution in [0.4, 0.5) is 0 Å². The predicted octanol–water partition coefficient (Wildman–Crippen LogP) is 6.30. The van der Waals surface area contributed by atoms with Crippen molar-refractivity contribution in [1.82, 2.24) is 0 Å². The third-order valence-electron chi connectivity index (χ3n) is 7.44. The Morgan fingerprint density at radius 3 is 2.00 bits per heavy atom. The molecule has 0 aromatic heterocycles. The molecule has 0 bridgehead atoms. The fraction of sp³-hybridized carbons (Fsp3) is 0.382. The highest BCUT2D eigenvalue weighted by molar-refractivity contribution is 5.89. The third kappa shape index (κ3) is 7.67. The minimum absolute atomic E-state index is 0.159. The summed E-state index contributed by atoms with van der Waals surface area (Å²) >= 11 is 0. The van der Waals surface area contributed by atoms with Crippen molar-refractivity contribution in [1.29, 1.82) is 0 Å². The van der Waals surface area contributed by atoms with E-state index in [-0.39, 0.29) is 36.5 Å². The zero-order valence-electron chi connectivity index (χ0n) is 23.0. The first-order valence-electron chi connectivity index (χ1n) is 14.1. The van der Waals surface area contributed by atoms with Gasteiger partial charge in [-0.15, -0.1) is 0 Å². The molecule has 210 valence electrons. The van der Waals surface area contributed by atoms with Gasteiger partial charge in [-0.1, -0.05) is 91.0 Å². The van der Waals surface area contributed by atoms with Crippen molar-refractivity contribution in [2.45, 2.75) is 76.0 Å². The van der Waals surface area contributed by atoms with Gasteiger partial charge in [0.15, 0.2) is 0 Å². The van der Waals surface area contributed by atoms with Crippen molar-refractivity contribution >= 4 is 5.97 Å². The molecule has 6 atom stereocenters. The average Bonchev–Trinajstić information content (AvgIpc) is 3.00. The van der Waals surface area contributed by atoms with Gasteiger partial charge in [-0.3, -0.25) is 0 Å². The van der Waals surface area contributed by atoms with Crippen LogP contribution >= 0.6 is 0 Å². The molecule has 40 heavy (non-hydrogen) atoms. The maximum absolute atomic E-state index is 12.9. The van der Waals surface area contributed by atoms with Gasteiger partial charge in [0.1, 0.15) is 12.2 Å². The number of hydrogen-bond donors (Lipinski definition) is 0. The second kappa shape index (κ2) is 14.4. The maximum atomic E-state index is 12.9. The molecule has 2 saturated heterocycles. The Morgan fingerprint density at radius 1 is 0.775 bits per heavy atom. The molecule has 6 nitrogen and oxygen atoms in total. The highest BCUT2D eigenvalue weighted by Crippen LogP contribution is 2.36. The monoisotopic (exact) mass is 542 g/mol. The highest BCUT2D eigenvalue weighted by Gasteiger charge is 2.47. The van der Waals surface area contributed by atoms with E-state index in [9.17, 15) is 4.79 Å². The second-order valence-corrected chi connectivity index (χ2v) is 10.3. The Balaban J connectivity index is 1.28. The summed E-state index contributed by atoms with van der Waals surface area (Å²) in [5.74, 6) is -0.347. The van der Waals surface area contributed by atoms with Gasteiger partial charge in [-0.25, -0.2) is 4.79 Å². The number of fused-ring (bicyclic) bond motifs is 1. The Hall–Kier alpha value is -3.29. The zero-order valence-corrected chi connectivity index (χ0v) is 23.0. The van der Waals surface area contributed by atoms with Gasteiger partial charge in [0, 0.05) is 12.8 Å². The van der Waals surface area contributed by atoms with Crippen molar-refractivity contribution in [2.75, 3.05) is 6.61 Å². The molecule has 2 aliphatic heterocycles. The molecule has 2 fully saturated rings. The van der Waals surface area contributed by atoms with Gasteiger partial charge in [0.05, 0.1) is 49.8 Å². The molecular formula is C34H38O6. The summed E-state index contributed by atoms with van der Waals surface area (Å²) in [6.07, 6.45) is 4.44. The molecule has 0 N–H and O–H groups in total. The van der Waals surface area contributed by atoms with Gasteiger partial charge < -0.3 is 23.7 Å². The number of hydrogen-bond acceptors (Lipinski definition) is 6. The summed E-state index contributed by atoms with van der Waals surface area (Å²) in [5.41, 5.74) is 2.75. The summed E-state index contributed by atoms with van der Waals surface area (Å²) in [4.78, 5) is 12.9. The molecule has 0 spiro atoms. The molecule has 3 aromatic carbocycles. The lowest BCUT2D eigenvalue weighted by Gasteiger charge is -2.47. The van der Waals surface area contributed by atoms with E-state index < -0.39 is 6.10 Å². The molecule has 0 radical (unpaired) electrons. The summed E-state index contributed by atoms with van der Waals surface area (Å²) in [7, 11) is 0. The van der Waals surface area contributed by atoms with Gasteiger partial charge in [0.25, 0.3) is 0 Å². The zero-order chi connectivity index (χ0) is 27.6. The minimum Gasteiger partial charge on any atom is -0.456 e. The number of benzene rings is 3. The molecule has 3 aromatic rings. The number of carbonyl (C=O) groups excluding carboxylic acids is 1. The van der Waals surface area contributed by atoms with E-state index in [1.54, 1.807) is 12.1 Å². The molecule has 2 heterocycles. The van der Waals surface area contributed by atoms with E-state index in [1.165, 1.54) is 0 Å². The summed E-state index contributed by atoms with van der Waals surface area (Å²) < 4.78 is 31.7. The first kappa shape index (κ1) is 28.2. The fourth-order valence-corrected chi connectivity index (χ4v) is 5.32. The normalized spacial score (nSPS) is 26.3. The lowest BCUT2D eigenvalue weighted by Crippen LogP contribution is -2.57. The smallest absolute Gasteiger partial charge is 0.338 e. The van der Waals surface area contributed by atoms with Crippen LogP contribution in [0.2, 0.25) is 0 Å². The number of rotatable bonds is 11. The van der Waals surface area contributed by atoms with Crippen LogP contribution in [0.3, 0.4) is 0 Å².